The number of benzene rings is 1. The summed E-state index contributed by atoms with van der Waals surface area (Å²) in [6.07, 6.45) is 1.52. The number of aromatic nitrogens is 4. The fourth-order valence-corrected chi connectivity index (χ4v) is 2.86. The summed E-state index contributed by atoms with van der Waals surface area (Å²) in [5.74, 6) is -0.828. The number of hydrogen-bond acceptors (Lipinski definition) is 4. The van der Waals surface area contributed by atoms with Gasteiger partial charge >= 0.3 is 82.1 Å². The number of imidazole rings is 1. The van der Waals surface area contributed by atoms with Crippen LogP contribution >= 0.6 is 0 Å². The van der Waals surface area contributed by atoms with Crippen molar-refractivity contribution in [2.45, 2.75) is 0 Å². The molecule has 1 N–H and O–H groups in total. The van der Waals surface area contributed by atoms with Crippen molar-refractivity contribution >= 4 is 47.9 Å². The molecular formula is C15H15N4NaO4. The summed E-state index contributed by atoms with van der Waals surface area (Å²) >= 11 is 0.792. The zero-order valence-electron chi connectivity index (χ0n) is 13.8. The van der Waals surface area contributed by atoms with Crippen LogP contribution in [0.15, 0.2) is 40.2 Å². The van der Waals surface area contributed by atoms with Crippen LogP contribution in [0.5, 0.6) is 0 Å². The number of aromatic carboxylic acids is 1. The van der Waals surface area contributed by atoms with Gasteiger partial charge in [0, 0.05) is 21.1 Å². The predicted molar refractivity (Wildman–Crippen MR) is 90.0 cm³/mol. The quantitative estimate of drug-likeness (QED) is 0.583. The van der Waals surface area contributed by atoms with Crippen LogP contribution in [0, 0.1) is 0 Å². The summed E-state index contributed by atoms with van der Waals surface area (Å²) in [4.78, 5) is 37.6. The topological polar surface area (TPSA) is 99.1 Å². The Morgan fingerprint density at radius 1 is 1.12 bits per heavy atom. The van der Waals surface area contributed by atoms with E-state index in [0.717, 1.165) is 35.3 Å². The molecule has 0 radical (unpaired) electrons. The molecule has 0 aliphatic rings. The van der Waals surface area contributed by atoms with Gasteiger partial charge in [-0.25, -0.2) is 9.78 Å². The second-order valence-electron chi connectivity index (χ2n) is 5.35. The molecule has 2 aromatic heterocycles. The van der Waals surface area contributed by atoms with Crippen molar-refractivity contribution in [3.8, 4) is 0 Å². The average Bonchev–Trinajstić information content (AvgIpc) is 2.93. The number of rotatable bonds is 1. The van der Waals surface area contributed by atoms with Crippen LogP contribution in [-0.4, -0.2) is 57.7 Å². The van der Waals surface area contributed by atoms with Crippen molar-refractivity contribution < 1.29 is 9.90 Å². The molecule has 0 aliphatic heterocycles. The van der Waals surface area contributed by atoms with Crippen molar-refractivity contribution in [3.63, 3.8) is 0 Å². The summed E-state index contributed by atoms with van der Waals surface area (Å²) in [6.45, 7) is 0. The molecule has 0 aliphatic carbocycles. The van der Waals surface area contributed by atoms with E-state index in [0.29, 0.717) is 16.7 Å². The van der Waals surface area contributed by atoms with Crippen molar-refractivity contribution in [2.75, 3.05) is 0 Å². The minimum atomic E-state index is -0.828. The van der Waals surface area contributed by atoms with E-state index in [1.54, 1.807) is 30.8 Å². The summed E-state index contributed by atoms with van der Waals surface area (Å²) < 4.78 is 4.98. The van der Waals surface area contributed by atoms with Crippen LogP contribution in [0.25, 0.3) is 11.2 Å². The van der Waals surface area contributed by atoms with Crippen LogP contribution in [0.4, 0.5) is 0 Å². The van der Waals surface area contributed by atoms with Crippen molar-refractivity contribution in [1.82, 2.24) is 18.7 Å². The van der Waals surface area contributed by atoms with E-state index < -0.39 is 5.97 Å². The van der Waals surface area contributed by atoms with Crippen molar-refractivity contribution in [3.05, 3.63) is 57.0 Å². The summed E-state index contributed by atoms with van der Waals surface area (Å²) in [5.41, 5.74) is 0.619. The molecule has 0 saturated carbocycles. The molecule has 1 aromatic carbocycles. The monoisotopic (exact) mass is 338 g/mol. The Morgan fingerprint density at radius 2 is 1.75 bits per heavy atom. The molecule has 24 heavy (non-hydrogen) atoms. The zero-order valence-corrected chi connectivity index (χ0v) is 15.8. The summed E-state index contributed by atoms with van der Waals surface area (Å²) in [5, 5.41) is 8.59. The molecule has 0 atom stereocenters. The second-order valence-corrected chi connectivity index (χ2v) is 6.43. The number of nitrogens with zero attached hydrogens (tertiary/aromatic N) is 4. The Bertz CT molecular complexity index is 1030. The summed E-state index contributed by atoms with van der Waals surface area (Å²) in [6, 6.07) is 7.07. The first-order valence-electron chi connectivity index (χ1n) is 7.11. The number of carboxylic acid groups (broad SMARTS) is 1. The molecule has 0 bridgehead atoms. The molecule has 0 saturated heterocycles. The van der Waals surface area contributed by atoms with Gasteiger partial charge in [0.05, 0.1) is 6.33 Å². The van der Waals surface area contributed by atoms with Crippen LogP contribution in [-0.2, 0) is 21.1 Å². The van der Waals surface area contributed by atoms with Gasteiger partial charge in [0.2, 0.25) is 0 Å². The zero-order chi connectivity index (χ0) is 18.0. The molecule has 0 fully saturated rings. The Labute approximate surface area is 154 Å². The third-order valence-corrected chi connectivity index (χ3v) is 4.56. The van der Waals surface area contributed by atoms with E-state index in [1.807, 2.05) is 12.1 Å². The molecule has 9 heteroatoms. The van der Waals surface area contributed by atoms with Gasteiger partial charge in [-0.1, -0.05) is 0 Å². The second kappa shape index (κ2) is 7.16. The molecule has 8 nitrogen and oxygen atoms in total. The van der Waals surface area contributed by atoms with Crippen LogP contribution < -0.4 is 14.1 Å². The first-order valence-corrected chi connectivity index (χ1v) is 8.11. The Morgan fingerprint density at radius 3 is 2.29 bits per heavy atom. The number of carboxylic acids is 1. The van der Waals surface area contributed by atoms with E-state index in [2.05, 4.69) is 4.98 Å². The van der Waals surface area contributed by atoms with E-state index >= 15 is 0 Å². The molecule has 3 rings (SSSR count). The minimum absolute atomic E-state index is 0.317. The number of carbonyl (C=O) groups is 1. The molecule has 2 heterocycles. The number of hydrogen-bond donors (Lipinski definition) is 1. The van der Waals surface area contributed by atoms with Gasteiger partial charge in [-0.3, -0.25) is 13.9 Å². The fraction of sp³-hybridized carbons (Fsp3) is 0.200. The predicted octanol–water partition coefficient (Wildman–Crippen LogP) is -0.851. The normalized spacial score (nSPS) is 10.4. The maximum absolute atomic E-state index is 11.7. The molecule has 3 aromatic rings. The fourth-order valence-electron chi connectivity index (χ4n) is 2.28. The van der Waals surface area contributed by atoms with Gasteiger partial charge in [-0.2, -0.15) is 0 Å². The van der Waals surface area contributed by atoms with Crippen molar-refractivity contribution in [2.24, 2.45) is 21.1 Å². The molecular weight excluding hydrogens is 323 g/mol. The van der Waals surface area contributed by atoms with Crippen LogP contribution in [0.1, 0.15) is 10.4 Å². The molecule has 120 valence electrons. The standard InChI is InChI=1S/C8H10N4O2.C7H5O2.Na/c1-10-4-9-6-5(10)7(13)12(3)8(14)11(6)2;8-7(9)6-4-2-1-3-5-6;/h4H,1-3H3;1-4H,(H,8,9);. The first kappa shape index (κ1) is 18.2. The third kappa shape index (κ3) is 3.35. The molecule has 0 spiro atoms. The number of fused-ring (bicyclic) bond motifs is 1. The third-order valence-electron chi connectivity index (χ3n) is 3.69. The van der Waals surface area contributed by atoms with Crippen LogP contribution in [0.2, 0.25) is 0 Å². The van der Waals surface area contributed by atoms with Gasteiger partial charge in [-0.15, -0.1) is 0 Å². The van der Waals surface area contributed by atoms with E-state index in [4.69, 9.17) is 5.11 Å². The maximum atomic E-state index is 11.7. The van der Waals surface area contributed by atoms with Gasteiger partial charge in [0.1, 0.15) is 0 Å². The Hall–Kier alpha value is -2.16. The van der Waals surface area contributed by atoms with E-state index in [1.165, 1.54) is 17.9 Å². The van der Waals surface area contributed by atoms with Crippen molar-refractivity contribution in [1.29, 1.82) is 0 Å². The summed E-state index contributed by atoms with van der Waals surface area (Å²) in [7, 11) is 4.77. The van der Waals surface area contributed by atoms with Gasteiger partial charge in [-0.05, 0) is 0 Å². The van der Waals surface area contributed by atoms with Crippen LogP contribution in [0.3, 0.4) is 0 Å². The number of aryl methyl sites for hydroxylation is 2. The van der Waals surface area contributed by atoms with E-state index in [9.17, 15) is 14.4 Å². The average molecular weight is 338 g/mol. The first-order chi connectivity index (χ1) is 11.3. The SMILES string of the molecule is Cn1c(=O)c2c(ncn2C)n(C)c1=O.O=C(O)c1cccc[c]1[Na]. The Kier molecular flexibility index (Phi) is 5.43. The van der Waals surface area contributed by atoms with E-state index in [-0.39, 0.29) is 11.2 Å². The van der Waals surface area contributed by atoms with Gasteiger partial charge in [0.25, 0.3) is 5.56 Å². The Balaban J connectivity index is 0.000000185. The van der Waals surface area contributed by atoms with Gasteiger partial charge < -0.3 is 4.57 Å². The molecule has 0 unspecified atom stereocenters. The molecule has 0 amide bonds. The van der Waals surface area contributed by atoms with Gasteiger partial charge in [0.15, 0.2) is 11.2 Å².